The highest BCUT2D eigenvalue weighted by Gasteiger charge is 2.23. The monoisotopic (exact) mass is 316 g/mol. The van der Waals surface area contributed by atoms with Gasteiger partial charge in [0.05, 0.1) is 24.8 Å². The number of amides is 1. The van der Waals surface area contributed by atoms with Gasteiger partial charge in [0.2, 0.25) is 0 Å². The van der Waals surface area contributed by atoms with E-state index in [-0.39, 0.29) is 11.3 Å². The molecule has 0 radical (unpaired) electrons. The van der Waals surface area contributed by atoms with Gasteiger partial charge < -0.3 is 14.8 Å². The average Bonchev–Trinajstić information content (AvgIpc) is 2.54. The molecule has 0 bridgehead atoms. The summed E-state index contributed by atoms with van der Waals surface area (Å²) < 4.78 is 10.3. The minimum Gasteiger partial charge on any atom is -0.497 e. The van der Waals surface area contributed by atoms with Gasteiger partial charge in [-0.3, -0.25) is 14.9 Å². The van der Waals surface area contributed by atoms with Crippen LogP contribution in [-0.2, 0) is 0 Å². The lowest BCUT2D eigenvalue weighted by molar-refractivity contribution is -0.385. The first kappa shape index (κ1) is 16.3. The maximum absolute atomic E-state index is 12.4. The van der Waals surface area contributed by atoms with Gasteiger partial charge in [-0.2, -0.15) is 0 Å². The van der Waals surface area contributed by atoms with E-state index in [0.29, 0.717) is 22.7 Å². The van der Waals surface area contributed by atoms with Crippen LogP contribution >= 0.6 is 0 Å². The lowest BCUT2D eigenvalue weighted by Gasteiger charge is -2.12. The number of nitrogens with zero attached hydrogens (tertiary/aromatic N) is 1. The Kier molecular flexibility index (Phi) is 4.80. The van der Waals surface area contributed by atoms with Crippen LogP contribution in [0.5, 0.6) is 11.5 Å². The molecular formula is C16H16N2O5. The van der Waals surface area contributed by atoms with Gasteiger partial charge in [-0.05, 0) is 25.1 Å². The van der Waals surface area contributed by atoms with Crippen molar-refractivity contribution < 1.29 is 19.2 Å². The van der Waals surface area contributed by atoms with Gasteiger partial charge in [0.25, 0.3) is 11.6 Å². The number of rotatable bonds is 5. The average molecular weight is 316 g/mol. The molecule has 0 aliphatic heterocycles. The number of nitrogens with one attached hydrogen (secondary N) is 1. The predicted molar refractivity (Wildman–Crippen MR) is 85.3 cm³/mol. The summed E-state index contributed by atoms with van der Waals surface area (Å²) in [6.07, 6.45) is 0. The molecule has 0 saturated carbocycles. The van der Waals surface area contributed by atoms with Gasteiger partial charge in [0, 0.05) is 11.6 Å². The third-order valence-electron chi connectivity index (χ3n) is 3.32. The zero-order chi connectivity index (χ0) is 17.0. The Morgan fingerprint density at radius 2 is 1.91 bits per heavy atom. The zero-order valence-corrected chi connectivity index (χ0v) is 13.0. The van der Waals surface area contributed by atoms with E-state index < -0.39 is 10.8 Å². The number of ether oxygens (including phenoxy) is 2. The van der Waals surface area contributed by atoms with Gasteiger partial charge in [-0.1, -0.05) is 12.1 Å². The molecule has 0 aromatic heterocycles. The second-order valence-corrected chi connectivity index (χ2v) is 4.75. The molecule has 0 aliphatic rings. The number of hydrogen-bond donors (Lipinski definition) is 1. The largest absolute Gasteiger partial charge is 0.497 e. The van der Waals surface area contributed by atoms with E-state index in [4.69, 9.17) is 9.47 Å². The molecule has 0 fully saturated rings. The van der Waals surface area contributed by atoms with Crippen LogP contribution in [0.25, 0.3) is 0 Å². The van der Waals surface area contributed by atoms with E-state index >= 15 is 0 Å². The molecule has 120 valence electrons. The second-order valence-electron chi connectivity index (χ2n) is 4.75. The van der Waals surface area contributed by atoms with Gasteiger partial charge in [-0.25, -0.2) is 0 Å². The van der Waals surface area contributed by atoms with Crippen LogP contribution in [0.15, 0.2) is 36.4 Å². The molecule has 23 heavy (non-hydrogen) atoms. The van der Waals surface area contributed by atoms with E-state index in [1.807, 2.05) is 0 Å². The molecule has 2 aromatic rings. The Bertz CT molecular complexity index is 758. The highest BCUT2D eigenvalue weighted by Crippen LogP contribution is 2.30. The first-order valence-corrected chi connectivity index (χ1v) is 6.75. The van der Waals surface area contributed by atoms with Crippen molar-refractivity contribution in [2.75, 3.05) is 19.5 Å². The topological polar surface area (TPSA) is 90.7 Å². The molecule has 0 unspecified atom stereocenters. The Labute approximate surface area is 133 Å². The summed E-state index contributed by atoms with van der Waals surface area (Å²) in [5.41, 5.74) is 0.601. The lowest BCUT2D eigenvalue weighted by Crippen LogP contribution is -2.15. The number of nitro groups is 1. The summed E-state index contributed by atoms with van der Waals surface area (Å²) in [6.45, 7) is 1.59. The molecule has 7 nitrogen and oxygen atoms in total. The molecule has 2 aromatic carbocycles. The smallest absolute Gasteiger partial charge is 0.285 e. The van der Waals surface area contributed by atoms with Gasteiger partial charge >= 0.3 is 0 Å². The highest BCUT2D eigenvalue weighted by molar-refractivity contribution is 6.08. The fraction of sp³-hybridized carbons (Fsp3) is 0.188. The number of carbonyl (C=O) groups excluding carboxylic acids is 1. The first-order valence-electron chi connectivity index (χ1n) is 6.75. The number of para-hydroxylation sites is 1. The fourth-order valence-electron chi connectivity index (χ4n) is 2.18. The standard InChI is InChI=1S/C16H16N2O5/c1-10-5-4-6-12(15(10)18(20)21)16(19)17-13-8-7-11(22-2)9-14(13)23-3/h4-9H,1-3H3,(H,17,19). The Morgan fingerprint density at radius 1 is 1.17 bits per heavy atom. The highest BCUT2D eigenvalue weighted by atomic mass is 16.6. The number of methoxy groups -OCH3 is 2. The molecule has 1 amide bonds. The van der Waals surface area contributed by atoms with E-state index in [9.17, 15) is 14.9 Å². The number of hydrogen-bond acceptors (Lipinski definition) is 5. The molecule has 0 atom stereocenters. The molecule has 1 N–H and O–H groups in total. The molecule has 0 heterocycles. The van der Waals surface area contributed by atoms with Crippen LogP contribution in [-0.4, -0.2) is 25.1 Å². The van der Waals surface area contributed by atoms with Crippen molar-refractivity contribution in [2.45, 2.75) is 6.92 Å². The van der Waals surface area contributed by atoms with Crippen molar-refractivity contribution in [3.63, 3.8) is 0 Å². The second kappa shape index (κ2) is 6.78. The van der Waals surface area contributed by atoms with Crippen molar-refractivity contribution in [3.8, 4) is 11.5 Å². The van der Waals surface area contributed by atoms with Gasteiger partial charge in [-0.15, -0.1) is 0 Å². The normalized spacial score (nSPS) is 10.0. The molecule has 0 saturated heterocycles. The molecule has 0 spiro atoms. The van der Waals surface area contributed by atoms with E-state index in [1.165, 1.54) is 20.3 Å². The zero-order valence-electron chi connectivity index (χ0n) is 13.0. The molecular weight excluding hydrogens is 300 g/mol. The van der Waals surface area contributed by atoms with Crippen LogP contribution in [0.4, 0.5) is 11.4 Å². The Hall–Kier alpha value is -3.09. The number of anilines is 1. The van der Waals surface area contributed by atoms with Gasteiger partial charge in [0.1, 0.15) is 17.1 Å². The number of nitro benzene ring substituents is 1. The molecule has 7 heteroatoms. The maximum Gasteiger partial charge on any atom is 0.285 e. The SMILES string of the molecule is COc1ccc(NC(=O)c2cccc(C)c2[N+](=O)[O-])c(OC)c1. The number of benzene rings is 2. The van der Waals surface area contributed by atoms with Crippen LogP contribution in [0.1, 0.15) is 15.9 Å². The van der Waals surface area contributed by atoms with Crippen LogP contribution in [0, 0.1) is 17.0 Å². The maximum atomic E-state index is 12.4. The van der Waals surface area contributed by atoms with E-state index in [1.54, 1.807) is 37.3 Å². The summed E-state index contributed by atoms with van der Waals surface area (Å²) in [5, 5.41) is 13.8. The van der Waals surface area contributed by atoms with Crippen LogP contribution < -0.4 is 14.8 Å². The summed E-state index contributed by atoms with van der Waals surface area (Å²) >= 11 is 0. The summed E-state index contributed by atoms with van der Waals surface area (Å²) in [4.78, 5) is 23.0. The lowest BCUT2D eigenvalue weighted by atomic mass is 10.1. The quantitative estimate of drug-likeness (QED) is 0.676. The van der Waals surface area contributed by atoms with Crippen molar-refractivity contribution in [3.05, 3.63) is 57.6 Å². The molecule has 0 aliphatic carbocycles. The van der Waals surface area contributed by atoms with Crippen molar-refractivity contribution >= 4 is 17.3 Å². The minimum absolute atomic E-state index is 0.00660. The first-order chi connectivity index (χ1) is 11.0. The number of carbonyl (C=O) groups is 1. The predicted octanol–water partition coefficient (Wildman–Crippen LogP) is 3.17. The van der Waals surface area contributed by atoms with E-state index in [2.05, 4.69) is 5.32 Å². The summed E-state index contributed by atoms with van der Waals surface area (Å²) in [6, 6.07) is 9.47. The third kappa shape index (κ3) is 3.39. The van der Waals surface area contributed by atoms with Crippen LogP contribution in [0.3, 0.4) is 0 Å². The van der Waals surface area contributed by atoms with Gasteiger partial charge in [0.15, 0.2) is 0 Å². The van der Waals surface area contributed by atoms with Crippen molar-refractivity contribution in [2.24, 2.45) is 0 Å². The van der Waals surface area contributed by atoms with Crippen LogP contribution in [0.2, 0.25) is 0 Å². The van der Waals surface area contributed by atoms with E-state index in [0.717, 1.165) is 0 Å². The minimum atomic E-state index is -0.580. The Balaban J connectivity index is 2.37. The third-order valence-corrected chi connectivity index (χ3v) is 3.32. The van der Waals surface area contributed by atoms with Crippen molar-refractivity contribution in [1.82, 2.24) is 0 Å². The Morgan fingerprint density at radius 3 is 2.52 bits per heavy atom. The summed E-state index contributed by atoms with van der Waals surface area (Å²) in [7, 11) is 2.97. The van der Waals surface area contributed by atoms with Crippen molar-refractivity contribution in [1.29, 1.82) is 0 Å². The fourth-order valence-corrected chi connectivity index (χ4v) is 2.18. The molecule has 2 rings (SSSR count). The number of aryl methyl sites for hydroxylation is 1. The summed E-state index contributed by atoms with van der Waals surface area (Å²) in [5.74, 6) is 0.387.